The number of rotatable bonds is 2. The summed E-state index contributed by atoms with van der Waals surface area (Å²) in [5.74, 6) is 1.80. The minimum Gasteiger partial charge on any atom is -0.356 e. The van der Waals surface area contributed by atoms with Crippen LogP contribution in [0.1, 0.15) is 12.0 Å². The Bertz CT molecular complexity index is 754. The van der Waals surface area contributed by atoms with Crippen LogP contribution in [0, 0.1) is 6.92 Å². The molecule has 3 heterocycles. The molecule has 1 aliphatic heterocycles. The molecule has 0 spiro atoms. The zero-order chi connectivity index (χ0) is 13.5. The first-order valence-electron chi connectivity index (χ1n) is 6.97. The molecule has 1 fully saturated rings. The van der Waals surface area contributed by atoms with Gasteiger partial charge in [0.25, 0.3) is 0 Å². The van der Waals surface area contributed by atoms with E-state index in [1.165, 1.54) is 12.0 Å². The molecule has 0 aliphatic carbocycles. The van der Waals surface area contributed by atoms with E-state index in [0.29, 0.717) is 0 Å². The average molecular weight is 264 g/mol. The van der Waals surface area contributed by atoms with Gasteiger partial charge in [-0.15, -0.1) is 0 Å². The van der Waals surface area contributed by atoms with E-state index in [1.54, 1.807) is 0 Å². The number of nitrogens with zero attached hydrogens (tertiary/aromatic N) is 4. The summed E-state index contributed by atoms with van der Waals surface area (Å²) in [5.41, 5.74) is 3.36. The van der Waals surface area contributed by atoms with Crippen LogP contribution in [0.3, 0.4) is 0 Å². The summed E-state index contributed by atoms with van der Waals surface area (Å²) in [6, 6.07) is 10.5. The molecule has 0 atom stereocenters. The number of anilines is 1. The van der Waals surface area contributed by atoms with Gasteiger partial charge in [-0.25, -0.2) is 4.98 Å². The fourth-order valence-electron chi connectivity index (χ4n) is 2.45. The average Bonchev–Trinajstić information content (AvgIpc) is 2.80. The predicted molar refractivity (Wildman–Crippen MR) is 80.0 cm³/mol. The molecule has 3 aromatic rings. The Labute approximate surface area is 117 Å². The normalized spacial score (nSPS) is 14.6. The van der Waals surface area contributed by atoms with Crippen LogP contribution in [0.25, 0.3) is 17.0 Å². The Morgan fingerprint density at radius 2 is 1.80 bits per heavy atom. The molecule has 0 radical (unpaired) electrons. The Kier molecular flexibility index (Phi) is 2.49. The van der Waals surface area contributed by atoms with Crippen LogP contribution in [-0.4, -0.2) is 27.5 Å². The van der Waals surface area contributed by atoms with Gasteiger partial charge in [-0.1, -0.05) is 29.8 Å². The monoisotopic (exact) mass is 264 g/mol. The molecule has 0 N–H and O–H groups in total. The summed E-state index contributed by atoms with van der Waals surface area (Å²) < 4.78 is 1.98. The summed E-state index contributed by atoms with van der Waals surface area (Å²) in [4.78, 5) is 11.6. The lowest BCUT2D eigenvalue weighted by Crippen LogP contribution is -2.37. The number of aromatic nitrogens is 3. The van der Waals surface area contributed by atoms with E-state index in [1.807, 2.05) is 16.8 Å². The van der Waals surface area contributed by atoms with Crippen LogP contribution in [-0.2, 0) is 0 Å². The van der Waals surface area contributed by atoms with Crippen molar-refractivity contribution in [2.45, 2.75) is 13.3 Å². The molecule has 1 aliphatic rings. The second kappa shape index (κ2) is 4.34. The smallest absolute Gasteiger partial charge is 0.236 e. The van der Waals surface area contributed by atoms with Gasteiger partial charge in [0.2, 0.25) is 5.78 Å². The summed E-state index contributed by atoms with van der Waals surface area (Å²) in [6.45, 7) is 4.30. The van der Waals surface area contributed by atoms with Crippen molar-refractivity contribution in [3.05, 3.63) is 48.3 Å². The van der Waals surface area contributed by atoms with Gasteiger partial charge >= 0.3 is 0 Å². The van der Waals surface area contributed by atoms with Crippen molar-refractivity contribution < 1.29 is 0 Å². The van der Waals surface area contributed by atoms with Gasteiger partial charge in [-0.2, -0.15) is 4.98 Å². The third-order valence-corrected chi connectivity index (χ3v) is 3.84. The van der Waals surface area contributed by atoms with E-state index in [2.05, 4.69) is 52.1 Å². The lowest BCUT2D eigenvalue weighted by Gasteiger charge is -2.31. The Morgan fingerprint density at radius 3 is 2.50 bits per heavy atom. The number of hydrogen-bond acceptors (Lipinski definition) is 3. The minimum atomic E-state index is 0.768. The van der Waals surface area contributed by atoms with E-state index in [9.17, 15) is 0 Å². The Hall–Kier alpha value is -2.36. The van der Waals surface area contributed by atoms with Crippen molar-refractivity contribution in [1.82, 2.24) is 14.4 Å². The zero-order valence-electron chi connectivity index (χ0n) is 11.5. The van der Waals surface area contributed by atoms with E-state index < -0.39 is 0 Å². The molecule has 0 saturated carbocycles. The Balaban J connectivity index is 1.76. The van der Waals surface area contributed by atoms with E-state index >= 15 is 0 Å². The summed E-state index contributed by atoms with van der Waals surface area (Å²) in [7, 11) is 0. The highest BCUT2D eigenvalue weighted by Gasteiger charge is 2.16. The van der Waals surface area contributed by atoms with Crippen LogP contribution in [0.15, 0.2) is 42.7 Å². The fourth-order valence-corrected chi connectivity index (χ4v) is 2.45. The molecular weight excluding hydrogens is 248 g/mol. The molecule has 2 aromatic heterocycles. The maximum absolute atomic E-state index is 4.64. The molecule has 0 unspecified atom stereocenters. The van der Waals surface area contributed by atoms with Crippen molar-refractivity contribution in [3.63, 3.8) is 0 Å². The Morgan fingerprint density at radius 1 is 1.00 bits per heavy atom. The van der Waals surface area contributed by atoms with Crippen molar-refractivity contribution in [3.8, 4) is 11.3 Å². The van der Waals surface area contributed by atoms with Gasteiger partial charge in [0.1, 0.15) is 5.82 Å². The maximum Gasteiger partial charge on any atom is 0.236 e. The maximum atomic E-state index is 4.64. The number of hydrogen-bond donors (Lipinski definition) is 0. The first kappa shape index (κ1) is 11.5. The van der Waals surface area contributed by atoms with Crippen LogP contribution in [0.4, 0.5) is 5.82 Å². The second-order valence-corrected chi connectivity index (χ2v) is 5.33. The highest BCUT2D eigenvalue weighted by atomic mass is 15.2. The zero-order valence-corrected chi connectivity index (χ0v) is 11.5. The van der Waals surface area contributed by atoms with Crippen molar-refractivity contribution in [1.29, 1.82) is 0 Å². The predicted octanol–water partition coefficient (Wildman–Crippen LogP) is 2.91. The van der Waals surface area contributed by atoms with E-state index in [4.69, 9.17) is 0 Å². The van der Waals surface area contributed by atoms with Crippen LogP contribution in [0.5, 0.6) is 0 Å². The first-order valence-corrected chi connectivity index (χ1v) is 6.97. The minimum absolute atomic E-state index is 0.768. The van der Waals surface area contributed by atoms with Gasteiger partial charge in [0, 0.05) is 31.0 Å². The van der Waals surface area contributed by atoms with Gasteiger partial charge in [-0.05, 0) is 19.4 Å². The molecule has 1 aromatic carbocycles. The van der Waals surface area contributed by atoms with Crippen molar-refractivity contribution in [2.75, 3.05) is 18.0 Å². The highest BCUT2D eigenvalue weighted by molar-refractivity contribution is 5.62. The number of benzene rings is 1. The summed E-state index contributed by atoms with van der Waals surface area (Å²) in [6.07, 6.45) is 5.34. The van der Waals surface area contributed by atoms with E-state index in [0.717, 1.165) is 35.9 Å². The third-order valence-electron chi connectivity index (χ3n) is 3.84. The van der Waals surface area contributed by atoms with Crippen molar-refractivity contribution >= 4 is 11.6 Å². The molecule has 20 heavy (non-hydrogen) atoms. The number of aryl methyl sites for hydroxylation is 1. The highest BCUT2D eigenvalue weighted by Crippen LogP contribution is 2.22. The largest absolute Gasteiger partial charge is 0.356 e. The third kappa shape index (κ3) is 1.84. The molecule has 0 amide bonds. The van der Waals surface area contributed by atoms with Gasteiger partial charge in [0.15, 0.2) is 0 Å². The summed E-state index contributed by atoms with van der Waals surface area (Å²) in [5, 5.41) is 0. The molecule has 4 nitrogen and oxygen atoms in total. The molecule has 1 saturated heterocycles. The molecule has 4 rings (SSSR count). The topological polar surface area (TPSA) is 33.4 Å². The number of fused-ring (bicyclic) bond motifs is 1. The van der Waals surface area contributed by atoms with Crippen LogP contribution >= 0.6 is 0 Å². The summed E-state index contributed by atoms with van der Waals surface area (Å²) >= 11 is 0. The second-order valence-electron chi connectivity index (χ2n) is 5.33. The van der Waals surface area contributed by atoms with E-state index in [-0.39, 0.29) is 0 Å². The van der Waals surface area contributed by atoms with Crippen LogP contribution < -0.4 is 4.90 Å². The molecular formula is C16H16N4. The molecule has 100 valence electrons. The van der Waals surface area contributed by atoms with Gasteiger partial charge < -0.3 is 4.90 Å². The molecule has 0 bridgehead atoms. The van der Waals surface area contributed by atoms with Gasteiger partial charge in [-0.3, -0.25) is 4.40 Å². The first-order chi connectivity index (χ1) is 9.79. The lowest BCUT2D eigenvalue weighted by molar-refractivity contribution is 0.609. The number of imidazole rings is 1. The SMILES string of the molecule is Cc1ccc(-c2cn3ccc(N4CCC4)nc3n2)cc1. The standard InChI is InChI=1S/C16H16N4/c1-12-3-5-13(6-4-12)14-11-20-10-7-15(18-16(20)17-14)19-8-2-9-19/h3-7,10-11H,2,8-9H2,1H3. The van der Waals surface area contributed by atoms with Crippen molar-refractivity contribution in [2.24, 2.45) is 0 Å². The lowest BCUT2D eigenvalue weighted by atomic mass is 10.1. The fraction of sp³-hybridized carbons (Fsp3) is 0.250. The van der Waals surface area contributed by atoms with Crippen LogP contribution in [0.2, 0.25) is 0 Å². The quantitative estimate of drug-likeness (QED) is 0.713. The van der Waals surface area contributed by atoms with Gasteiger partial charge in [0.05, 0.1) is 5.69 Å². The molecule has 4 heteroatoms.